The van der Waals surface area contributed by atoms with Crippen molar-refractivity contribution in [3.05, 3.63) is 28.5 Å². The third-order valence-corrected chi connectivity index (χ3v) is 2.76. The predicted molar refractivity (Wildman–Crippen MR) is 72.2 cm³/mol. The number of halogens is 1. The summed E-state index contributed by atoms with van der Waals surface area (Å²) in [4.78, 5) is 23.2. The van der Waals surface area contributed by atoms with E-state index in [9.17, 15) is 15.0 Å². The van der Waals surface area contributed by atoms with E-state index in [4.69, 9.17) is 4.74 Å². The van der Waals surface area contributed by atoms with Gasteiger partial charge >= 0.3 is 5.97 Å². The van der Waals surface area contributed by atoms with E-state index in [1.54, 1.807) is 13.0 Å². The molecule has 0 aromatic carbocycles. The van der Waals surface area contributed by atoms with E-state index >= 15 is 0 Å². The van der Waals surface area contributed by atoms with Gasteiger partial charge in [0.05, 0.1) is 6.61 Å². The summed E-state index contributed by atoms with van der Waals surface area (Å²) in [5.74, 6) is -1.40. The van der Waals surface area contributed by atoms with Gasteiger partial charge in [-0.15, -0.1) is 0 Å². The van der Waals surface area contributed by atoms with Crippen molar-refractivity contribution >= 4 is 21.9 Å². The largest absolute Gasteiger partial charge is 0.506 e. The summed E-state index contributed by atoms with van der Waals surface area (Å²) in [6, 6.07) is 2.96. The molecule has 0 unspecified atom stereocenters. The van der Waals surface area contributed by atoms with Gasteiger partial charge in [-0.25, -0.2) is 14.8 Å². The molecule has 2 rings (SSSR count). The maximum Gasteiger partial charge on any atom is 0.345 e. The van der Waals surface area contributed by atoms with Crippen LogP contribution in [0.1, 0.15) is 17.3 Å². The van der Waals surface area contributed by atoms with Crippen LogP contribution in [-0.2, 0) is 4.74 Å². The average molecular weight is 340 g/mol. The maximum atomic E-state index is 11.5. The number of pyridine rings is 1. The van der Waals surface area contributed by atoms with Crippen LogP contribution in [0.15, 0.2) is 22.9 Å². The van der Waals surface area contributed by atoms with Crippen molar-refractivity contribution in [1.29, 1.82) is 0 Å². The van der Waals surface area contributed by atoms with Crippen LogP contribution in [-0.4, -0.2) is 37.7 Å². The Morgan fingerprint density at radius 3 is 2.75 bits per heavy atom. The van der Waals surface area contributed by atoms with E-state index in [0.29, 0.717) is 4.60 Å². The first kappa shape index (κ1) is 14.2. The van der Waals surface area contributed by atoms with Crippen LogP contribution in [0.5, 0.6) is 11.6 Å². The van der Waals surface area contributed by atoms with Crippen molar-refractivity contribution in [2.24, 2.45) is 0 Å². The van der Waals surface area contributed by atoms with Crippen LogP contribution in [0.25, 0.3) is 11.5 Å². The average Bonchev–Trinajstić information content (AvgIpc) is 2.41. The maximum absolute atomic E-state index is 11.5. The van der Waals surface area contributed by atoms with Crippen molar-refractivity contribution in [3.8, 4) is 23.1 Å². The molecule has 0 amide bonds. The van der Waals surface area contributed by atoms with Gasteiger partial charge in [0.1, 0.15) is 15.9 Å². The van der Waals surface area contributed by atoms with Gasteiger partial charge < -0.3 is 14.9 Å². The number of carbonyl (C=O) groups excluding carboxylic acids is 1. The highest BCUT2D eigenvalue weighted by Crippen LogP contribution is 2.27. The van der Waals surface area contributed by atoms with Crippen LogP contribution in [0.3, 0.4) is 0 Å². The molecule has 2 heterocycles. The molecular weight excluding hydrogens is 330 g/mol. The Kier molecular flexibility index (Phi) is 4.14. The van der Waals surface area contributed by atoms with E-state index in [1.807, 2.05) is 0 Å². The lowest BCUT2D eigenvalue weighted by atomic mass is 10.3. The molecule has 0 bridgehead atoms. The molecule has 0 aliphatic rings. The predicted octanol–water partition coefficient (Wildman–Crippen LogP) is 1.89. The minimum atomic E-state index is -0.719. The quantitative estimate of drug-likeness (QED) is 0.649. The van der Waals surface area contributed by atoms with E-state index in [-0.39, 0.29) is 29.4 Å². The summed E-state index contributed by atoms with van der Waals surface area (Å²) in [5.41, 5.74) is -0.0600. The summed E-state index contributed by atoms with van der Waals surface area (Å²) < 4.78 is 5.22. The highest BCUT2D eigenvalue weighted by atomic mass is 79.9. The zero-order valence-electron chi connectivity index (χ0n) is 10.4. The van der Waals surface area contributed by atoms with E-state index in [0.717, 1.165) is 6.20 Å². The van der Waals surface area contributed by atoms with Crippen molar-refractivity contribution in [2.75, 3.05) is 6.61 Å². The molecule has 20 heavy (non-hydrogen) atoms. The van der Waals surface area contributed by atoms with Crippen molar-refractivity contribution in [2.45, 2.75) is 6.92 Å². The monoisotopic (exact) mass is 339 g/mol. The van der Waals surface area contributed by atoms with Gasteiger partial charge in [0, 0.05) is 6.20 Å². The molecular formula is C12H10BrN3O4. The number of aromatic nitrogens is 3. The molecule has 0 aliphatic heterocycles. The minimum Gasteiger partial charge on any atom is -0.506 e. The first-order valence-corrected chi connectivity index (χ1v) is 6.41. The Bertz CT molecular complexity index is 663. The lowest BCUT2D eigenvalue weighted by molar-refractivity contribution is 0.0521. The molecule has 7 nitrogen and oxygen atoms in total. The molecule has 0 spiro atoms. The number of rotatable bonds is 3. The number of aromatic hydroxyl groups is 2. The van der Waals surface area contributed by atoms with Crippen LogP contribution in [0, 0.1) is 0 Å². The highest BCUT2D eigenvalue weighted by molar-refractivity contribution is 9.10. The standard InChI is InChI=1S/C12H10BrN3O4/c1-2-20-12(19)6-5-14-10(16-11(6)18)9-7(17)3-4-8(13)15-9/h3-5,17H,2H2,1H3,(H,14,16,18). The number of hydrogen-bond donors (Lipinski definition) is 2. The summed E-state index contributed by atoms with van der Waals surface area (Å²) in [7, 11) is 0. The molecule has 104 valence electrons. The van der Waals surface area contributed by atoms with Crippen LogP contribution in [0.2, 0.25) is 0 Å². The van der Waals surface area contributed by atoms with Gasteiger partial charge in [-0.05, 0) is 35.0 Å². The van der Waals surface area contributed by atoms with Gasteiger partial charge in [0.15, 0.2) is 11.5 Å². The Morgan fingerprint density at radius 2 is 2.10 bits per heavy atom. The number of carbonyl (C=O) groups is 1. The van der Waals surface area contributed by atoms with Crippen LogP contribution < -0.4 is 0 Å². The van der Waals surface area contributed by atoms with Gasteiger partial charge in [0.25, 0.3) is 0 Å². The van der Waals surface area contributed by atoms with Crippen molar-refractivity contribution < 1.29 is 19.7 Å². The van der Waals surface area contributed by atoms with Gasteiger partial charge in [-0.3, -0.25) is 0 Å². The molecule has 2 aromatic heterocycles. The third-order valence-electron chi connectivity index (χ3n) is 2.32. The molecule has 2 N–H and O–H groups in total. The summed E-state index contributed by atoms with van der Waals surface area (Å²) in [6.07, 6.45) is 1.12. The zero-order valence-corrected chi connectivity index (χ0v) is 12.0. The van der Waals surface area contributed by atoms with E-state index < -0.39 is 11.8 Å². The zero-order chi connectivity index (χ0) is 14.7. The number of hydrogen-bond acceptors (Lipinski definition) is 7. The summed E-state index contributed by atoms with van der Waals surface area (Å²) in [5, 5.41) is 19.4. The molecule has 0 aliphatic carbocycles. The second kappa shape index (κ2) is 5.83. The fourth-order valence-electron chi connectivity index (χ4n) is 1.43. The first-order valence-electron chi connectivity index (χ1n) is 5.62. The lowest BCUT2D eigenvalue weighted by Gasteiger charge is -2.06. The minimum absolute atomic E-state index is 0.00523. The Hall–Kier alpha value is -2.22. The van der Waals surface area contributed by atoms with Crippen LogP contribution in [0.4, 0.5) is 0 Å². The third kappa shape index (κ3) is 2.85. The molecule has 0 atom stereocenters. The molecule has 2 aromatic rings. The Labute approximate surface area is 122 Å². The second-order valence-corrected chi connectivity index (χ2v) is 4.47. The fraction of sp³-hybridized carbons (Fsp3) is 0.167. The lowest BCUT2D eigenvalue weighted by Crippen LogP contribution is -2.07. The highest BCUT2D eigenvalue weighted by Gasteiger charge is 2.18. The molecule has 8 heteroatoms. The Balaban J connectivity index is 2.43. The smallest absolute Gasteiger partial charge is 0.345 e. The molecule has 0 saturated heterocycles. The summed E-state index contributed by atoms with van der Waals surface area (Å²) in [6.45, 7) is 1.82. The second-order valence-electron chi connectivity index (χ2n) is 3.65. The molecule has 0 fully saturated rings. The SMILES string of the molecule is CCOC(=O)c1cnc(-c2nc(Br)ccc2O)nc1O. The fourth-order valence-corrected chi connectivity index (χ4v) is 1.74. The van der Waals surface area contributed by atoms with Gasteiger partial charge in [-0.2, -0.15) is 4.98 Å². The molecule has 0 saturated carbocycles. The van der Waals surface area contributed by atoms with Crippen LogP contribution >= 0.6 is 15.9 Å². The van der Waals surface area contributed by atoms with Crippen molar-refractivity contribution in [1.82, 2.24) is 15.0 Å². The normalized spacial score (nSPS) is 10.3. The number of nitrogens with zero attached hydrogens (tertiary/aromatic N) is 3. The van der Waals surface area contributed by atoms with Gasteiger partial charge in [-0.1, -0.05) is 0 Å². The summed E-state index contributed by atoms with van der Waals surface area (Å²) >= 11 is 3.16. The van der Waals surface area contributed by atoms with Crippen molar-refractivity contribution in [3.63, 3.8) is 0 Å². The van der Waals surface area contributed by atoms with Gasteiger partial charge in [0.2, 0.25) is 5.88 Å². The topological polar surface area (TPSA) is 105 Å². The molecule has 0 radical (unpaired) electrons. The first-order chi connectivity index (χ1) is 9.52. The van der Waals surface area contributed by atoms with E-state index in [2.05, 4.69) is 30.9 Å². The number of ether oxygens (including phenoxy) is 1. The Morgan fingerprint density at radius 1 is 1.35 bits per heavy atom. The number of esters is 1. The van der Waals surface area contributed by atoms with E-state index in [1.165, 1.54) is 6.07 Å².